The van der Waals surface area contributed by atoms with Gasteiger partial charge in [-0.05, 0) is 18.2 Å². The van der Waals surface area contributed by atoms with E-state index >= 15 is 0 Å². The number of hydrogen-bond donors (Lipinski definition) is 1. The van der Waals surface area contributed by atoms with Crippen LogP contribution in [0.3, 0.4) is 0 Å². The first-order valence-electron chi connectivity index (χ1n) is 8.86. The van der Waals surface area contributed by atoms with Gasteiger partial charge in [-0.25, -0.2) is 13.6 Å². The molecule has 4 aromatic rings. The summed E-state index contributed by atoms with van der Waals surface area (Å²) in [5.41, 5.74) is 0.624. The predicted octanol–water partition coefficient (Wildman–Crippen LogP) is 5.23. The Morgan fingerprint density at radius 2 is 1.48 bits per heavy atom. The van der Waals surface area contributed by atoms with E-state index in [1.165, 1.54) is 6.20 Å². The molecule has 0 spiro atoms. The van der Waals surface area contributed by atoms with Crippen LogP contribution in [-0.4, -0.2) is 16.7 Å². The molecule has 1 heterocycles. The molecular formula is C23H15F2NO3. The van der Waals surface area contributed by atoms with Gasteiger partial charge >= 0.3 is 5.97 Å². The topological polar surface area (TPSA) is 59.2 Å². The highest BCUT2D eigenvalue weighted by atomic mass is 19.1. The maximum Gasteiger partial charge on any atom is 0.345 e. The van der Waals surface area contributed by atoms with Gasteiger partial charge in [0.15, 0.2) is 6.10 Å². The average Bonchev–Trinajstić information content (AvgIpc) is 3.16. The largest absolute Gasteiger partial charge is 0.445 e. The Bertz CT molecular complexity index is 1180. The van der Waals surface area contributed by atoms with Crippen molar-refractivity contribution in [3.63, 3.8) is 0 Å². The zero-order chi connectivity index (χ0) is 20.4. The molecule has 1 N–H and O–H groups in total. The molecule has 0 saturated carbocycles. The van der Waals surface area contributed by atoms with Crippen molar-refractivity contribution < 1.29 is 23.1 Å². The summed E-state index contributed by atoms with van der Waals surface area (Å²) < 4.78 is 33.3. The van der Waals surface area contributed by atoms with E-state index in [1.54, 1.807) is 42.5 Å². The van der Waals surface area contributed by atoms with Crippen molar-refractivity contribution in [3.05, 3.63) is 107 Å². The van der Waals surface area contributed by atoms with E-state index in [9.17, 15) is 18.4 Å². The van der Waals surface area contributed by atoms with Gasteiger partial charge in [0.05, 0.1) is 0 Å². The molecule has 0 saturated heterocycles. The van der Waals surface area contributed by atoms with Crippen molar-refractivity contribution in [3.8, 4) is 0 Å². The number of halogens is 2. The summed E-state index contributed by atoms with van der Waals surface area (Å²) in [6.07, 6.45) is 0.169. The summed E-state index contributed by atoms with van der Waals surface area (Å²) >= 11 is 0. The van der Waals surface area contributed by atoms with Gasteiger partial charge in [0.25, 0.3) is 0 Å². The van der Waals surface area contributed by atoms with Crippen molar-refractivity contribution in [1.29, 1.82) is 0 Å². The number of H-pyrrole nitrogens is 1. The molecular weight excluding hydrogens is 376 g/mol. The Balaban J connectivity index is 1.75. The fourth-order valence-corrected chi connectivity index (χ4v) is 3.18. The van der Waals surface area contributed by atoms with Gasteiger partial charge in [-0.3, -0.25) is 4.79 Å². The van der Waals surface area contributed by atoms with Gasteiger partial charge in [-0.2, -0.15) is 0 Å². The normalized spacial score (nSPS) is 11.9. The highest BCUT2D eigenvalue weighted by molar-refractivity contribution is 6.11. The monoisotopic (exact) mass is 391 g/mol. The molecule has 4 nitrogen and oxygen atoms in total. The van der Waals surface area contributed by atoms with Crippen molar-refractivity contribution >= 4 is 22.7 Å². The lowest BCUT2D eigenvalue weighted by Crippen LogP contribution is -2.21. The number of para-hydroxylation sites is 1. The minimum Gasteiger partial charge on any atom is -0.445 e. The smallest absolute Gasteiger partial charge is 0.345 e. The second-order valence-electron chi connectivity index (χ2n) is 6.40. The number of Topliss-reactive ketones (excluding diaryl/α,β-unsaturated/α-hetero) is 1. The average molecular weight is 391 g/mol. The molecule has 0 amide bonds. The number of hydrogen-bond acceptors (Lipinski definition) is 3. The molecule has 1 unspecified atom stereocenters. The Labute approximate surface area is 164 Å². The molecule has 0 radical (unpaired) electrons. The number of fused-ring (bicyclic) bond motifs is 1. The third kappa shape index (κ3) is 3.52. The number of carbonyl (C=O) groups excluding carboxylic acids is 2. The van der Waals surface area contributed by atoms with E-state index in [2.05, 4.69) is 4.98 Å². The first-order chi connectivity index (χ1) is 14.1. The fraction of sp³-hybridized carbons (Fsp3) is 0.0435. The van der Waals surface area contributed by atoms with E-state index in [4.69, 9.17) is 4.74 Å². The highest BCUT2D eigenvalue weighted by Crippen LogP contribution is 2.28. The quantitative estimate of drug-likeness (QED) is 0.374. The molecule has 29 heavy (non-hydrogen) atoms. The highest BCUT2D eigenvalue weighted by Gasteiger charge is 2.30. The summed E-state index contributed by atoms with van der Waals surface area (Å²) in [5.74, 6) is -3.86. The second kappa shape index (κ2) is 7.67. The standard InChI is InChI=1S/C23H15F2NO3/c24-17-10-6-11-18(25)20(17)23(28)29-22(14-7-2-1-3-8-14)21(27)16-13-26-19-12-5-4-9-15(16)19/h1-13,22,26H. The molecule has 0 aliphatic rings. The molecule has 0 aliphatic heterocycles. The van der Waals surface area contributed by atoms with Crippen LogP contribution in [0.4, 0.5) is 8.78 Å². The number of aromatic nitrogens is 1. The van der Waals surface area contributed by atoms with E-state index in [1.807, 2.05) is 12.1 Å². The molecule has 3 aromatic carbocycles. The molecule has 0 fully saturated rings. The van der Waals surface area contributed by atoms with E-state index in [0.29, 0.717) is 16.5 Å². The third-order valence-corrected chi connectivity index (χ3v) is 4.59. The molecule has 1 atom stereocenters. The van der Waals surface area contributed by atoms with E-state index in [0.717, 1.165) is 23.7 Å². The number of nitrogens with one attached hydrogen (secondary N) is 1. The maximum atomic E-state index is 14.0. The van der Waals surface area contributed by atoms with Gasteiger partial charge in [-0.1, -0.05) is 54.6 Å². The first kappa shape index (κ1) is 18.6. The number of esters is 1. The van der Waals surface area contributed by atoms with Gasteiger partial charge in [0.2, 0.25) is 5.78 Å². The SMILES string of the molecule is O=C(OC(C(=O)c1c[nH]c2ccccc12)c1ccccc1)c1c(F)cccc1F. The van der Waals surface area contributed by atoms with Crippen LogP contribution >= 0.6 is 0 Å². The Morgan fingerprint density at radius 3 is 2.21 bits per heavy atom. The van der Waals surface area contributed by atoms with Gasteiger partial charge < -0.3 is 9.72 Å². The van der Waals surface area contributed by atoms with Gasteiger partial charge in [0.1, 0.15) is 17.2 Å². The molecule has 6 heteroatoms. The molecule has 0 bridgehead atoms. The van der Waals surface area contributed by atoms with Crippen LogP contribution in [0.2, 0.25) is 0 Å². The number of ether oxygens (including phenoxy) is 1. The number of ketones is 1. The van der Waals surface area contributed by atoms with Crippen LogP contribution in [-0.2, 0) is 4.74 Å². The van der Waals surface area contributed by atoms with Gasteiger partial charge in [0, 0.05) is 28.2 Å². The van der Waals surface area contributed by atoms with Crippen molar-refractivity contribution in [2.24, 2.45) is 0 Å². The van der Waals surface area contributed by atoms with Crippen LogP contribution in [0, 0.1) is 11.6 Å². The Hall–Kier alpha value is -3.80. The zero-order valence-electron chi connectivity index (χ0n) is 15.1. The number of rotatable bonds is 5. The lowest BCUT2D eigenvalue weighted by Gasteiger charge is -2.17. The summed E-state index contributed by atoms with van der Waals surface area (Å²) in [6.45, 7) is 0. The van der Waals surface area contributed by atoms with Crippen LogP contribution in [0.15, 0.2) is 79.0 Å². The summed E-state index contributed by atoms with van der Waals surface area (Å²) in [7, 11) is 0. The molecule has 144 valence electrons. The number of benzene rings is 3. The molecule has 1 aromatic heterocycles. The molecule has 0 aliphatic carbocycles. The van der Waals surface area contributed by atoms with E-state index < -0.39 is 35.1 Å². The van der Waals surface area contributed by atoms with E-state index in [-0.39, 0.29) is 0 Å². The Kier molecular flexibility index (Phi) is 4.91. The lowest BCUT2D eigenvalue weighted by molar-refractivity contribution is 0.0271. The molecule has 4 rings (SSSR count). The second-order valence-corrected chi connectivity index (χ2v) is 6.40. The minimum atomic E-state index is -1.36. The van der Waals surface area contributed by atoms with Crippen molar-refractivity contribution in [2.45, 2.75) is 6.10 Å². The summed E-state index contributed by atoms with van der Waals surface area (Å²) in [4.78, 5) is 28.8. The van der Waals surface area contributed by atoms with Crippen molar-refractivity contribution in [1.82, 2.24) is 4.98 Å². The van der Waals surface area contributed by atoms with Crippen LogP contribution in [0.25, 0.3) is 10.9 Å². The fourth-order valence-electron chi connectivity index (χ4n) is 3.18. The maximum absolute atomic E-state index is 14.0. The van der Waals surface area contributed by atoms with Crippen LogP contribution in [0.5, 0.6) is 0 Å². The van der Waals surface area contributed by atoms with Crippen molar-refractivity contribution in [2.75, 3.05) is 0 Å². The summed E-state index contributed by atoms with van der Waals surface area (Å²) in [5, 5.41) is 0.659. The van der Waals surface area contributed by atoms with Crippen LogP contribution < -0.4 is 0 Å². The number of aromatic amines is 1. The third-order valence-electron chi connectivity index (χ3n) is 4.59. The zero-order valence-corrected chi connectivity index (χ0v) is 15.1. The predicted molar refractivity (Wildman–Crippen MR) is 104 cm³/mol. The minimum absolute atomic E-state index is 0.316. The summed E-state index contributed by atoms with van der Waals surface area (Å²) in [6, 6.07) is 18.6. The number of carbonyl (C=O) groups is 2. The Morgan fingerprint density at radius 1 is 0.828 bits per heavy atom. The first-order valence-corrected chi connectivity index (χ1v) is 8.86. The van der Waals surface area contributed by atoms with Gasteiger partial charge in [-0.15, -0.1) is 0 Å². The lowest BCUT2D eigenvalue weighted by atomic mass is 9.99. The van der Waals surface area contributed by atoms with Crippen LogP contribution in [0.1, 0.15) is 32.4 Å².